The second-order valence-corrected chi connectivity index (χ2v) is 7.22. The number of hydrogen-bond acceptors (Lipinski definition) is 3. The van der Waals surface area contributed by atoms with E-state index in [1.54, 1.807) is 0 Å². The van der Waals surface area contributed by atoms with E-state index in [2.05, 4.69) is 40.5 Å². The van der Waals surface area contributed by atoms with Crippen LogP contribution in [0.25, 0.3) is 0 Å². The van der Waals surface area contributed by atoms with Crippen LogP contribution in [-0.2, 0) is 9.53 Å². The molecule has 4 rings (SSSR count). The summed E-state index contributed by atoms with van der Waals surface area (Å²) in [4.78, 5) is 15.1. The molecule has 4 nitrogen and oxygen atoms in total. The van der Waals surface area contributed by atoms with Crippen LogP contribution in [0, 0.1) is 5.92 Å². The zero-order chi connectivity index (χ0) is 17.8. The van der Waals surface area contributed by atoms with Crippen LogP contribution >= 0.6 is 0 Å². The number of nitrogens with one attached hydrogen (secondary N) is 1. The van der Waals surface area contributed by atoms with Crippen molar-refractivity contribution in [1.82, 2.24) is 0 Å². The van der Waals surface area contributed by atoms with E-state index in [0.717, 1.165) is 37.7 Å². The van der Waals surface area contributed by atoms with E-state index in [1.165, 1.54) is 18.4 Å². The van der Waals surface area contributed by atoms with Crippen molar-refractivity contribution in [2.24, 2.45) is 5.92 Å². The van der Waals surface area contributed by atoms with Gasteiger partial charge in [-0.25, -0.2) is 0 Å². The summed E-state index contributed by atoms with van der Waals surface area (Å²) in [5.74, 6) is 1.08. The van der Waals surface area contributed by atoms with Gasteiger partial charge in [0.2, 0.25) is 5.91 Å². The van der Waals surface area contributed by atoms with Crippen molar-refractivity contribution in [1.29, 1.82) is 0 Å². The fourth-order valence-corrected chi connectivity index (χ4v) is 3.82. The summed E-state index contributed by atoms with van der Waals surface area (Å²) < 4.78 is 5.45. The molecule has 136 valence electrons. The third-order valence-electron chi connectivity index (χ3n) is 5.35. The summed E-state index contributed by atoms with van der Waals surface area (Å²) in [5.41, 5.74) is 3.28. The summed E-state index contributed by atoms with van der Waals surface area (Å²) in [6.07, 6.45) is 3.01. The van der Waals surface area contributed by atoms with Crippen LogP contribution in [-0.4, -0.2) is 32.2 Å². The average molecular weight is 350 g/mol. The van der Waals surface area contributed by atoms with Crippen molar-refractivity contribution in [2.45, 2.75) is 25.2 Å². The first kappa shape index (κ1) is 17.1. The summed E-state index contributed by atoms with van der Waals surface area (Å²) >= 11 is 0. The van der Waals surface area contributed by atoms with Crippen molar-refractivity contribution in [3.8, 4) is 0 Å². The Bertz CT molecular complexity index is 737. The maximum absolute atomic E-state index is 12.8. The van der Waals surface area contributed by atoms with Crippen LogP contribution in [0.4, 0.5) is 11.4 Å². The fraction of sp³-hybridized carbons (Fsp3) is 0.409. The Morgan fingerprint density at radius 3 is 2.46 bits per heavy atom. The van der Waals surface area contributed by atoms with Gasteiger partial charge in [-0.15, -0.1) is 0 Å². The van der Waals surface area contributed by atoms with E-state index < -0.39 is 0 Å². The number of nitrogens with zero attached hydrogens (tertiary/aromatic N) is 1. The predicted octanol–water partition coefficient (Wildman–Crippen LogP) is 4.05. The minimum absolute atomic E-state index is 0.103. The number of benzene rings is 2. The molecule has 0 radical (unpaired) electrons. The molecule has 1 saturated heterocycles. The van der Waals surface area contributed by atoms with Crippen molar-refractivity contribution < 1.29 is 9.53 Å². The highest BCUT2D eigenvalue weighted by Gasteiger charge is 2.33. The lowest BCUT2D eigenvalue weighted by atomic mass is 9.91. The minimum atomic E-state index is 0.103. The molecule has 1 amide bonds. The van der Waals surface area contributed by atoms with Crippen LogP contribution in [0.2, 0.25) is 0 Å². The maximum atomic E-state index is 12.8. The van der Waals surface area contributed by atoms with Gasteiger partial charge in [-0.3, -0.25) is 4.79 Å². The van der Waals surface area contributed by atoms with Crippen molar-refractivity contribution >= 4 is 17.3 Å². The lowest BCUT2D eigenvalue weighted by Gasteiger charge is -2.30. The Hall–Kier alpha value is -2.33. The van der Waals surface area contributed by atoms with Gasteiger partial charge < -0.3 is 15.0 Å². The normalized spacial score (nSPS) is 18.4. The van der Waals surface area contributed by atoms with Gasteiger partial charge >= 0.3 is 0 Å². The Morgan fingerprint density at radius 2 is 1.73 bits per heavy atom. The molecule has 2 aromatic rings. The SMILES string of the molecule is O=C(CC(c1ccccc1)C1CC1)Nc1ccccc1N1CCOCC1. The monoisotopic (exact) mass is 350 g/mol. The molecule has 1 heterocycles. The van der Waals surface area contributed by atoms with Crippen LogP contribution < -0.4 is 10.2 Å². The minimum Gasteiger partial charge on any atom is -0.378 e. The summed E-state index contributed by atoms with van der Waals surface area (Å²) in [6, 6.07) is 18.6. The van der Waals surface area contributed by atoms with E-state index in [1.807, 2.05) is 24.3 Å². The Kier molecular flexibility index (Phi) is 5.21. The molecule has 2 aliphatic rings. The van der Waals surface area contributed by atoms with E-state index in [4.69, 9.17) is 4.74 Å². The molecule has 1 unspecified atom stereocenters. The van der Waals surface area contributed by atoms with Crippen LogP contribution in [0.3, 0.4) is 0 Å². The number of anilines is 2. The molecule has 2 fully saturated rings. The van der Waals surface area contributed by atoms with E-state index in [9.17, 15) is 4.79 Å². The van der Waals surface area contributed by atoms with Crippen molar-refractivity contribution in [2.75, 3.05) is 36.5 Å². The Balaban J connectivity index is 1.46. The Labute approximate surface area is 155 Å². The molecule has 1 aliphatic heterocycles. The molecule has 0 spiro atoms. The van der Waals surface area contributed by atoms with E-state index in [0.29, 0.717) is 18.3 Å². The van der Waals surface area contributed by atoms with Gasteiger partial charge in [-0.05, 0) is 42.4 Å². The van der Waals surface area contributed by atoms with Crippen molar-refractivity contribution in [3.05, 3.63) is 60.2 Å². The van der Waals surface area contributed by atoms with Gasteiger partial charge in [-0.1, -0.05) is 42.5 Å². The van der Waals surface area contributed by atoms with Crippen LogP contribution in [0.15, 0.2) is 54.6 Å². The van der Waals surface area contributed by atoms with Crippen LogP contribution in [0.1, 0.15) is 30.7 Å². The third kappa shape index (κ3) is 4.07. The second-order valence-electron chi connectivity index (χ2n) is 7.22. The molecule has 4 heteroatoms. The number of hydrogen-bond donors (Lipinski definition) is 1. The number of para-hydroxylation sites is 2. The zero-order valence-corrected chi connectivity index (χ0v) is 15.1. The second kappa shape index (κ2) is 7.92. The molecule has 2 aromatic carbocycles. The molecule has 0 aromatic heterocycles. The number of ether oxygens (including phenoxy) is 1. The average Bonchev–Trinajstić information content (AvgIpc) is 3.53. The van der Waals surface area contributed by atoms with Gasteiger partial charge in [0.25, 0.3) is 0 Å². The zero-order valence-electron chi connectivity index (χ0n) is 15.1. The lowest BCUT2D eigenvalue weighted by molar-refractivity contribution is -0.116. The summed E-state index contributed by atoms with van der Waals surface area (Å²) in [5, 5.41) is 3.17. The highest BCUT2D eigenvalue weighted by molar-refractivity contribution is 5.94. The fourth-order valence-electron chi connectivity index (χ4n) is 3.82. The summed E-state index contributed by atoms with van der Waals surface area (Å²) in [6.45, 7) is 3.20. The molecule has 1 aliphatic carbocycles. The molecule has 26 heavy (non-hydrogen) atoms. The molecule has 1 atom stereocenters. The van der Waals surface area contributed by atoms with Gasteiger partial charge in [0.15, 0.2) is 0 Å². The number of carbonyl (C=O) groups is 1. The lowest BCUT2D eigenvalue weighted by Crippen LogP contribution is -2.36. The van der Waals surface area contributed by atoms with E-state index >= 15 is 0 Å². The standard InChI is InChI=1S/C22H26N2O2/c25-22(16-19(18-10-11-18)17-6-2-1-3-7-17)23-20-8-4-5-9-21(20)24-12-14-26-15-13-24/h1-9,18-19H,10-16H2,(H,23,25). The first-order valence-corrected chi connectivity index (χ1v) is 9.58. The molecule has 0 bridgehead atoms. The number of amides is 1. The number of morpholine rings is 1. The highest BCUT2D eigenvalue weighted by Crippen LogP contribution is 2.44. The molecule has 1 saturated carbocycles. The van der Waals surface area contributed by atoms with Gasteiger partial charge in [0.1, 0.15) is 0 Å². The third-order valence-corrected chi connectivity index (χ3v) is 5.35. The van der Waals surface area contributed by atoms with Gasteiger partial charge in [-0.2, -0.15) is 0 Å². The molecule has 1 N–H and O–H groups in total. The first-order valence-electron chi connectivity index (χ1n) is 9.58. The van der Waals surface area contributed by atoms with Crippen molar-refractivity contribution in [3.63, 3.8) is 0 Å². The van der Waals surface area contributed by atoms with Gasteiger partial charge in [0.05, 0.1) is 24.6 Å². The van der Waals surface area contributed by atoms with Crippen LogP contribution in [0.5, 0.6) is 0 Å². The predicted molar refractivity (Wildman–Crippen MR) is 105 cm³/mol. The Morgan fingerprint density at radius 1 is 1.04 bits per heavy atom. The summed E-state index contributed by atoms with van der Waals surface area (Å²) in [7, 11) is 0. The maximum Gasteiger partial charge on any atom is 0.225 e. The largest absolute Gasteiger partial charge is 0.378 e. The van der Waals surface area contributed by atoms with Gasteiger partial charge in [0, 0.05) is 19.5 Å². The quantitative estimate of drug-likeness (QED) is 0.855. The number of rotatable bonds is 6. The first-order chi connectivity index (χ1) is 12.8. The number of carbonyl (C=O) groups excluding carboxylic acids is 1. The smallest absolute Gasteiger partial charge is 0.225 e. The van der Waals surface area contributed by atoms with E-state index in [-0.39, 0.29) is 5.91 Å². The highest BCUT2D eigenvalue weighted by atomic mass is 16.5. The molecular weight excluding hydrogens is 324 g/mol. The topological polar surface area (TPSA) is 41.6 Å². The molecular formula is C22H26N2O2.